The fourth-order valence-electron chi connectivity index (χ4n) is 2.13. The van der Waals surface area contributed by atoms with Crippen LogP contribution < -0.4 is 5.32 Å². The Bertz CT molecular complexity index is 581. The van der Waals surface area contributed by atoms with Gasteiger partial charge in [0.1, 0.15) is 5.75 Å². The van der Waals surface area contributed by atoms with Crippen LogP contribution in [0.3, 0.4) is 0 Å². The molecule has 2 N–H and O–H groups in total. The van der Waals surface area contributed by atoms with Crippen molar-refractivity contribution in [1.82, 2.24) is 0 Å². The average Bonchev–Trinajstić information content (AvgIpc) is 2.41. The number of hydrogen-bond acceptors (Lipinski definition) is 2. The van der Waals surface area contributed by atoms with E-state index in [0.29, 0.717) is 11.6 Å². The Hall–Kier alpha value is -1.67. The molecule has 0 bridgehead atoms. The van der Waals surface area contributed by atoms with Crippen LogP contribution in [0.25, 0.3) is 0 Å². The number of nitrogens with one attached hydrogen (secondary N) is 1. The number of para-hydroxylation sites is 1. The minimum absolute atomic E-state index is 0.121. The second kappa shape index (κ2) is 5.98. The standard InChI is InChI=1S/C16H18ClNO/c1-3-13-6-4-5-11(2)16(13)18-10-12-7-8-15(19)14(17)9-12/h4-9,18-19H,3,10H2,1-2H3. The summed E-state index contributed by atoms with van der Waals surface area (Å²) in [6, 6.07) is 11.6. The monoisotopic (exact) mass is 275 g/mol. The number of phenols is 1. The van der Waals surface area contributed by atoms with Crippen molar-refractivity contribution in [2.45, 2.75) is 26.8 Å². The van der Waals surface area contributed by atoms with Gasteiger partial charge in [-0.3, -0.25) is 0 Å². The Morgan fingerprint density at radius 3 is 2.68 bits per heavy atom. The lowest BCUT2D eigenvalue weighted by Gasteiger charge is -2.14. The summed E-state index contributed by atoms with van der Waals surface area (Å²) in [5.74, 6) is 0.121. The summed E-state index contributed by atoms with van der Waals surface area (Å²) in [6.07, 6.45) is 1.00. The molecule has 0 spiro atoms. The van der Waals surface area contributed by atoms with E-state index in [1.165, 1.54) is 16.8 Å². The highest BCUT2D eigenvalue weighted by atomic mass is 35.5. The molecule has 0 aliphatic carbocycles. The van der Waals surface area contributed by atoms with Crippen molar-refractivity contribution in [2.24, 2.45) is 0 Å². The van der Waals surface area contributed by atoms with Gasteiger partial charge in [0.15, 0.2) is 0 Å². The van der Waals surface area contributed by atoms with Gasteiger partial charge in [0.2, 0.25) is 0 Å². The van der Waals surface area contributed by atoms with Crippen molar-refractivity contribution in [3.8, 4) is 5.75 Å². The zero-order valence-electron chi connectivity index (χ0n) is 11.2. The van der Waals surface area contributed by atoms with Gasteiger partial charge in [-0.15, -0.1) is 0 Å². The molecule has 2 aromatic rings. The second-order valence-electron chi connectivity index (χ2n) is 4.60. The highest BCUT2D eigenvalue weighted by Gasteiger charge is 2.05. The molecular formula is C16H18ClNO. The smallest absolute Gasteiger partial charge is 0.134 e. The van der Waals surface area contributed by atoms with E-state index in [-0.39, 0.29) is 5.75 Å². The topological polar surface area (TPSA) is 32.3 Å². The van der Waals surface area contributed by atoms with E-state index < -0.39 is 0 Å². The van der Waals surface area contributed by atoms with Crippen molar-refractivity contribution in [1.29, 1.82) is 0 Å². The van der Waals surface area contributed by atoms with E-state index in [0.717, 1.165) is 12.0 Å². The van der Waals surface area contributed by atoms with Crippen molar-refractivity contribution in [2.75, 3.05) is 5.32 Å². The van der Waals surface area contributed by atoms with Crippen LogP contribution in [0, 0.1) is 6.92 Å². The van der Waals surface area contributed by atoms with Gasteiger partial charge in [-0.1, -0.05) is 42.8 Å². The number of anilines is 1. The number of hydrogen-bond donors (Lipinski definition) is 2. The van der Waals surface area contributed by atoms with Crippen molar-refractivity contribution in [3.05, 3.63) is 58.1 Å². The van der Waals surface area contributed by atoms with Crippen LogP contribution in [0.5, 0.6) is 5.75 Å². The summed E-state index contributed by atoms with van der Waals surface area (Å²) >= 11 is 5.91. The maximum absolute atomic E-state index is 9.40. The van der Waals surface area contributed by atoms with Crippen LogP contribution in [0.15, 0.2) is 36.4 Å². The largest absolute Gasteiger partial charge is 0.506 e. The predicted octanol–water partition coefficient (Wildman–Crippen LogP) is 4.53. The lowest BCUT2D eigenvalue weighted by molar-refractivity contribution is 0.475. The van der Waals surface area contributed by atoms with Gasteiger partial charge < -0.3 is 10.4 Å². The van der Waals surface area contributed by atoms with Crippen LogP contribution in [-0.2, 0) is 13.0 Å². The summed E-state index contributed by atoms with van der Waals surface area (Å²) in [7, 11) is 0. The zero-order valence-corrected chi connectivity index (χ0v) is 12.0. The molecule has 0 saturated carbocycles. The van der Waals surface area contributed by atoms with Crippen LogP contribution in [-0.4, -0.2) is 5.11 Å². The van der Waals surface area contributed by atoms with Crippen molar-refractivity contribution < 1.29 is 5.11 Å². The molecule has 0 unspecified atom stereocenters. The fourth-order valence-corrected chi connectivity index (χ4v) is 2.33. The molecule has 0 atom stereocenters. The maximum Gasteiger partial charge on any atom is 0.134 e. The highest BCUT2D eigenvalue weighted by Crippen LogP contribution is 2.25. The number of aromatic hydroxyl groups is 1. The third kappa shape index (κ3) is 3.21. The lowest BCUT2D eigenvalue weighted by atomic mass is 10.1. The minimum Gasteiger partial charge on any atom is -0.506 e. The van der Waals surface area contributed by atoms with Crippen LogP contribution >= 0.6 is 11.6 Å². The molecule has 0 fully saturated rings. The number of halogens is 1. The van der Waals surface area contributed by atoms with Gasteiger partial charge >= 0.3 is 0 Å². The molecule has 2 aromatic carbocycles. The summed E-state index contributed by atoms with van der Waals surface area (Å²) in [4.78, 5) is 0. The zero-order chi connectivity index (χ0) is 13.8. The number of aryl methyl sites for hydroxylation is 2. The summed E-state index contributed by atoms with van der Waals surface area (Å²) < 4.78 is 0. The van der Waals surface area contributed by atoms with E-state index in [2.05, 4.69) is 37.4 Å². The van der Waals surface area contributed by atoms with Gasteiger partial charge in [-0.05, 0) is 42.2 Å². The first-order chi connectivity index (χ1) is 9.11. The normalized spacial score (nSPS) is 10.5. The van der Waals surface area contributed by atoms with Crippen molar-refractivity contribution in [3.63, 3.8) is 0 Å². The Labute approximate surface area is 119 Å². The molecule has 2 nitrogen and oxygen atoms in total. The third-order valence-electron chi connectivity index (χ3n) is 3.22. The van der Waals surface area contributed by atoms with Crippen LogP contribution in [0.1, 0.15) is 23.6 Å². The molecule has 0 aromatic heterocycles. The first-order valence-electron chi connectivity index (χ1n) is 6.41. The van der Waals surface area contributed by atoms with Gasteiger partial charge in [0.05, 0.1) is 5.02 Å². The first kappa shape index (κ1) is 13.8. The van der Waals surface area contributed by atoms with Gasteiger partial charge in [0.25, 0.3) is 0 Å². The van der Waals surface area contributed by atoms with E-state index in [9.17, 15) is 5.11 Å². The fraction of sp³-hybridized carbons (Fsp3) is 0.250. The SMILES string of the molecule is CCc1cccc(C)c1NCc1ccc(O)c(Cl)c1. The molecule has 0 heterocycles. The van der Waals surface area contributed by atoms with E-state index in [1.807, 2.05) is 6.07 Å². The Morgan fingerprint density at radius 2 is 2.00 bits per heavy atom. The molecule has 0 saturated heterocycles. The summed E-state index contributed by atoms with van der Waals surface area (Å²) in [5.41, 5.74) is 4.79. The quantitative estimate of drug-likeness (QED) is 0.859. The lowest BCUT2D eigenvalue weighted by Crippen LogP contribution is -2.04. The van der Waals surface area contributed by atoms with Gasteiger partial charge in [-0.25, -0.2) is 0 Å². The average molecular weight is 276 g/mol. The number of phenolic OH excluding ortho intramolecular Hbond substituents is 1. The summed E-state index contributed by atoms with van der Waals surface area (Å²) in [5, 5.41) is 13.2. The number of rotatable bonds is 4. The van der Waals surface area contributed by atoms with Gasteiger partial charge in [0, 0.05) is 12.2 Å². The Kier molecular flexibility index (Phi) is 4.33. The summed E-state index contributed by atoms with van der Waals surface area (Å²) in [6.45, 7) is 4.94. The minimum atomic E-state index is 0.121. The molecule has 3 heteroatoms. The second-order valence-corrected chi connectivity index (χ2v) is 5.01. The predicted molar refractivity (Wildman–Crippen MR) is 81.0 cm³/mol. The van der Waals surface area contributed by atoms with Crippen LogP contribution in [0.2, 0.25) is 5.02 Å². The van der Waals surface area contributed by atoms with E-state index in [1.54, 1.807) is 12.1 Å². The molecule has 19 heavy (non-hydrogen) atoms. The molecular weight excluding hydrogens is 258 g/mol. The van der Waals surface area contributed by atoms with Gasteiger partial charge in [-0.2, -0.15) is 0 Å². The Balaban J connectivity index is 2.16. The van der Waals surface area contributed by atoms with E-state index >= 15 is 0 Å². The molecule has 100 valence electrons. The third-order valence-corrected chi connectivity index (χ3v) is 3.52. The molecule has 0 radical (unpaired) electrons. The van der Waals surface area contributed by atoms with Crippen molar-refractivity contribution >= 4 is 17.3 Å². The van der Waals surface area contributed by atoms with E-state index in [4.69, 9.17) is 11.6 Å². The molecule has 0 amide bonds. The molecule has 2 rings (SSSR count). The number of benzene rings is 2. The highest BCUT2D eigenvalue weighted by molar-refractivity contribution is 6.32. The Morgan fingerprint density at radius 1 is 1.21 bits per heavy atom. The maximum atomic E-state index is 9.40. The van der Waals surface area contributed by atoms with Crippen LogP contribution in [0.4, 0.5) is 5.69 Å². The molecule has 0 aliphatic rings. The molecule has 0 aliphatic heterocycles. The first-order valence-corrected chi connectivity index (χ1v) is 6.79.